The monoisotopic (exact) mass is 552 g/mol. The minimum absolute atomic E-state index is 0.0676. The Kier molecular flexibility index (Phi) is 7.31. The fourth-order valence-electron chi connectivity index (χ4n) is 4.72. The zero-order valence-electron chi connectivity index (χ0n) is 21.7. The minimum Gasteiger partial charge on any atom is -0.508 e. The number of ketones is 1. The number of hydrogen-bond donors (Lipinski definition) is 4. The molecular weight excluding hydrogens is 524 g/mol. The molecule has 0 spiro atoms. The second-order valence-corrected chi connectivity index (χ2v) is 9.45. The van der Waals surface area contributed by atoms with E-state index in [1.54, 1.807) is 30.3 Å². The second kappa shape index (κ2) is 10.9. The van der Waals surface area contributed by atoms with Crippen LogP contribution in [0.25, 0.3) is 0 Å². The summed E-state index contributed by atoms with van der Waals surface area (Å²) in [4.78, 5) is 24.9. The molecule has 3 aromatic rings. The summed E-state index contributed by atoms with van der Waals surface area (Å²) >= 11 is 0. The average Bonchev–Trinajstić information content (AvgIpc) is 2.93. The number of benzene rings is 3. The fourth-order valence-corrected chi connectivity index (χ4v) is 4.72. The number of aromatic hydroxyl groups is 3. The van der Waals surface area contributed by atoms with E-state index in [0.29, 0.717) is 23.3 Å². The summed E-state index contributed by atoms with van der Waals surface area (Å²) in [5.41, 5.74) is 0.721. The van der Waals surface area contributed by atoms with Crippen LogP contribution in [-0.2, 0) is 9.53 Å². The molecule has 0 saturated carbocycles. The number of aliphatic hydroxyl groups excluding tert-OH is 1. The van der Waals surface area contributed by atoms with E-state index in [0.717, 1.165) is 6.07 Å². The number of methoxy groups -OCH3 is 1. The fraction of sp³-hybridized carbons (Fsp3) is 0.310. The van der Waals surface area contributed by atoms with Crippen LogP contribution in [0, 0.1) is 0 Å². The van der Waals surface area contributed by atoms with Crippen LogP contribution in [0.5, 0.6) is 40.2 Å². The van der Waals surface area contributed by atoms with Gasteiger partial charge in [0, 0.05) is 24.1 Å². The minimum atomic E-state index is -1.65. The highest BCUT2D eigenvalue weighted by molar-refractivity contribution is 6.05. The molecule has 2 unspecified atom stereocenters. The molecule has 3 aromatic carbocycles. The molecular formula is C29H28O11. The van der Waals surface area contributed by atoms with Crippen molar-refractivity contribution < 1.29 is 53.7 Å². The van der Waals surface area contributed by atoms with Crippen LogP contribution in [0.15, 0.2) is 48.5 Å². The van der Waals surface area contributed by atoms with Gasteiger partial charge in [0.05, 0.1) is 7.11 Å². The van der Waals surface area contributed by atoms with Crippen molar-refractivity contribution >= 4 is 11.8 Å². The van der Waals surface area contributed by atoms with E-state index < -0.39 is 35.9 Å². The van der Waals surface area contributed by atoms with Crippen molar-refractivity contribution in [2.24, 2.45) is 0 Å². The van der Waals surface area contributed by atoms with Crippen molar-refractivity contribution in [2.75, 3.05) is 13.7 Å². The molecule has 40 heavy (non-hydrogen) atoms. The largest absolute Gasteiger partial charge is 0.508 e. The Morgan fingerprint density at radius 3 is 2.35 bits per heavy atom. The molecule has 4 N–H and O–H groups in total. The summed E-state index contributed by atoms with van der Waals surface area (Å²) in [6.07, 6.45) is -3.47. The molecule has 0 bridgehead atoms. The van der Waals surface area contributed by atoms with Gasteiger partial charge < -0.3 is 44.1 Å². The zero-order valence-corrected chi connectivity index (χ0v) is 21.7. The van der Waals surface area contributed by atoms with Crippen molar-refractivity contribution in [1.82, 2.24) is 0 Å². The van der Waals surface area contributed by atoms with Crippen molar-refractivity contribution in [3.05, 3.63) is 65.2 Å². The number of hydrogen-bond acceptors (Lipinski definition) is 11. The van der Waals surface area contributed by atoms with Gasteiger partial charge in [-0.1, -0.05) is 19.1 Å². The first kappa shape index (κ1) is 26.9. The van der Waals surface area contributed by atoms with Gasteiger partial charge in [-0.05, 0) is 36.2 Å². The standard InChI is InChI=1S/C29H28O11/c1-3-4-24(33)37-13-23-28(14-5-7-17(31)20(9-14)36-2)39-21-10-15(6-8-19(21)38-23)29-27(35)26(34)25-18(32)11-16(30)12-22(25)40-29/h5-12,23,27-32,35H,3-4,13H2,1-2H3/t23?,27-,28?,29+/m0/s1. The number of aliphatic hydroxyl groups is 1. The molecule has 11 nitrogen and oxygen atoms in total. The van der Waals surface area contributed by atoms with Crippen LogP contribution >= 0.6 is 0 Å². The lowest BCUT2D eigenvalue weighted by atomic mass is 9.92. The molecule has 2 aliphatic heterocycles. The molecule has 0 saturated heterocycles. The third-order valence-electron chi connectivity index (χ3n) is 6.68. The van der Waals surface area contributed by atoms with Gasteiger partial charge in [0.15, 0.2) is 47.4 Å². The first-order chi connectivity index (χ1) is 19.2. The molecule has 0 aromatic heterocycles. The Hall–Kier alpha value is -4.64. The SMILES string of the molecule is CCCC(=O)OCC1Oc2ccc([C@H]3Oc4cc(O)cc(O)c4C(=O)[C@@H]3O)cc2OC1c1ccc(O)c(OC)c1. The Morgan fingerprint density at radius 1 is 0.875 bits per heavy atom. The topological polar surface area (TPSA) is 161 Å². The lowest BCUT2D eigenvalue weighted by molar-refractivity contribution is -0.148. The van der Waals surface area contributed by atoms with Crippen molar-refractivity contribution in [2.45, 2.75) is 44.2 Å². The van der Waals surface area contributed by atoms with Crippen LogP contribution < -0.4 is 18.9 Å². The van der Waals surface area contributed by atoms with Crippen LogP contribution in [0.3, 0.4) is 0 Å². The van der Waals surface area contributed by atoms with Gasteiger partial charge in [0.25, 0.3) is 0 Å². The number of carbonyl (C=O) groups excluding carboxylic acids is 2. The molecule has 11 heteroatoms. The van der Waals surface area contributed by atoms with E-state index in [1.165, 1.54) is 19.2 Å². The number of fused-ring (bicyclic) bond motifs is 2. The molecule has 2 heterocycles. The van der Waals surface area contributed by atoms with E-state index in [9.17, 15) is 30.0 Å². The maximum atomic E-state index is 12.9. The number of ether oxygens (including phenoxy) is 5. The molecule has 210 valence electrons. The van der Waals surface area contributed by atoms with E-state index in [1.807, 2.05) is 6.92 Å². The Balaban J connectivity index is 1.47. The van der Waals surface area contributed by atoms with Crippen LogP contribution in [0.2, 0.25) is 0 Å². The Labute approximate surface area is 229 Å². The molecule has 4 atom stereocenters. The summed E-state index contributed by atoms with van der Waals surface area (Å²) in [6, 6.07) is 11.5. The zero-order chi connectivity index (χ0) is 28.6. The molecule has 5 rings (SSSR count). The summed E-state index contributed by atoms with van der Waals surface area (Å²) < 4.78 is 28.9. The predicted molar refractivity (Wildman–Crippen MR) is 138 cm³/mol. The van der Waals surface area contributed by atoms with Gasteiger partial charge in [-0.3, -0.25) is 9.59 Å². The van der Waals surface area contributed by atoms with Gasteiger partial charge in [-0.2, -0.15) is 0 Å². The maximum absolute atomic E-state index is 12.9. The lowest BCUT2D eigenvalue weighted by Gasteiger charge is -2.35. The van der Waals surface area contributed by atoms with Gasteiger partial charge >= 0.3 is 5.97 Å². The van der Waals surface area contributed by atoms with Crippen molar-refractivity contribution in [1.29, 1.82) is 0 Å². The number of carbonyl (C=O) groups is 2. The molecule has 2 aliphatic rings. The highest BCUT2D eigenvalue weighted by atomic mass is 16.6. The van der Waals surface area contributed by atoms with E-state index in [2.05, 4.69) is 0 Å². The third-order valence-corrected chi connectivity index (χ3v) is 6.68. The van der Waals surface area contributed by atoms with Crippen LogP contribution in [0.4, 0.5) is 0 Å². The molecule has 0 radical (unpaired) electrons. The molecule has 0 aliphatic carbocycles. The number of rotatable bonds is 7. The summed E-state index contributed by atoms with van der Waals surface area (Å²) in [5, 5.41) is 40.8. The highest BCUT2D eigenvalue weighted by Crippen LogP contribution is 2.46. The summed E-state index contributed by atoms with van der Waals surface area (Å²) in [6.45, 7) is 1.77. The van der Waals surface area contributed by atoms with Crippen LogP contribution in [0.1, 0.15) is 53.5 Å². The number of esters is 1. The maximum Gasteiger partial charge on any atom is 0.305 e. The first-order valence-electron chi connectivity index (χ1n) is 12.6. The predicted octanol–water partition coefficient (Wildman–Crippen LogP) is 3.71. The smallest absolute Gasteiger partial charge is 0.305 e. The van der Waals surface area contributed by atoms with Gasteiger partial charge in [-0.25, -0.2) is 0 Å². The normalized spacial score (nSPS) is 21.2. The van der Waals surface area contributed by atoms with Gasteiger partial charge in [0.2, 0.25) is 5.78 Å². The quantitative estimate of drug-likeness (QED) is 0.316. The molecule has 0 fully saturated rings. The Morgan fingerprint density at radius 2 is 1.60 bits per heavy atom. The third kappa shape index (κ3) is 5.03. The van der Waals surface area contributed by atoms with Crippen molar-refractivity contribution in [3.63, 3.8) is 0 Å². The summed E-state index contributed by atoms with van der Waals surface area (Å²) in [5.74, 6) is -1.28. The van der Waals surface area contributed by atoms with E-state index in [-0.39, 0.29) is 53.3 Å². The molecule has 0 amide bonds. The highest BCUT2D eigenvalue weighted by Gasteiger charge is 2.41. The van der Waals surface area contributed by atoms with Gasteiger partial charge in [0.1, 0.15) is 29.4 Å². The first-order valence-corrected chi connectivity index (χ1v) is 12.6. The number of Topliss-reactive ketones (excluding diaryl/α,β-unsaturated/α-hetero) is 1. The average molecular weight is 553 g/mol. The van der Waals surface area contributed by atoms with E-state index in [4.69, 9.17) is 23.7 Å². The van der Waals surface area contributed by atoms with Gasteiger partial charge in [-0.15, -0.1) is 0 Å². The number of phenols is 3. The second-order valence-electron chi connectivity index (χ2n) is 9.45. The van der Waals surface area contributed by atoms with E-state index >= 15 is 0 Å². The summed E-state index contributed by atoms with van der Waals surface area (Å²) in [7, 11) is 1.41. The number of phenolic OH excluding ortho intramolecular Hbond substituents is 3. The van der Waals surface area contributed by atoms with Crippen molar-refractivity contribution in [3.8, 4) is 40.2 Å². The van der Waals surface area contributed by atoms with Crippen LogP contribution in [-0.4, -0.2) is 58.1 Å². The lowest BCUT2D eigenvalue weighted by Crippen LogP contribution is -2.38. The Bertz CT molecular complexity index is 1450.